The van der Waals surface area contributed by atoms with Gasteiger partial charge in [-0.15, -0.1) is 0 Å². The van der Waals surface area contributed by atoms with Crippen LogP contribution < -0.4 is 10.4 Å². The van der Waals surface area contributed by atoms with Gasteiger partial charge in [-0.3, -0.25) is 9.59 Å². The Balaban J connectivity index is 2.25. The van der Waals surface area contributed by atoms with Crippen molar-refractivity contribution < 1.29 is 28.2 Å². The first-order valence-electron chi connectivity index (χ1n) is 8.73. The third-order valence-corrected chi connectivity index (χ3v) is 4.41. The molecule has 1 aromatic carbocycles. The molecule has 3 rings (SSSR count). The van der Waals surface area contributed by atoms with Gasteiger partial charge in [0.05, 0.1) is 11.5 Å². The van der Waals surface area contributed by atoms with Gasteiger partial charge in [0.2, 0.25) is 0 Å². The number of hydrogen-bond donors (Lipinski definition) is 0. The van der Waals surface area contributed by atoms with Gasteiger partial charge in [-0.25, -0.2) is 4.79 Å². The molecule has 144 valence electrons. The summed E-state index contributed by atoms with van der Waals surface area (Å²) in [4.78, 5) is 35.9. The minimum Gasteiger partial charge on any atom is -0.483 e. The van der Waals surface area contributed by atoms with Crippen molar-refractivity contribution in [2.75, 3.05) is 0 Å². The number of carbonyl (C=O) groups excluding carboxylic acids is 2. The van der Waals surface area contributed by atoms with E-state index in [9.17, 15) is 14.4 Å². The number of ether oxygens (including phenoxy) is 3. The lowest BCUT2D eigenvalue weighted by Gasteiger charge is -2.43. The summed E-state index contributed by atoms with van der Waals surface area (Å²) < 4.78 is 22.6. The van der Waals surface area contributed by atoms with E-state index in [4.69, 9.17) is 18.6 Å². The Bertz CT molecular complexity index is 954. The maximum Gasteiger partial charge on any atom is 0.336 e. The molecule has 7 nitrogen and oxygen atoms in total. The zero-order chi connectivity index (χ0) is 19.9. The normalized spacial score (nSPS) is 20.7. The standard InChI is InChI=1S/C20H22O7/c1-10(2)19(23)26-17-15-13(27-20(4,5)18(17)24-11(3)21)8-6-12-7-9-14(22)25-16(12)15/h6-10,17-18H,1-5H3/t17-,18-/m1/s1. The number of rotatable bonds is 3. The van der Waals surface area contributed by atoms with E-state index in [1.807, 2.05) is 0 Å². The van der Waals surface area contributed by atoms with Crippen molar-refractivity contribution in [3.63, 3.8) is 0 Å². The van der Waals surface area contributed by atoms with E-state index in [2.05, 4.69) is 0 Å². The molecule has 1 aliphatic heterocycles. The van der Waals surface area contributed by atoms with E-state index in [0.29, 0.717) is 16.7 Å². The van der Waals surface area contributed by atoms with E-state index in [0.717, 1.165) is 0 Å². The largest absolute Gasteiger partial charge is 0.483 e. The van der Waals surface area contributed by atoms with Crippen molar-refractivity contribution in [1.82, 2.24) is 0 Å². The fourth-order valence-corrected chi connectivity index (χ4v) is 3.12. The maximum absolute atomic E-state index is 12.4. The maximum atomic E-state index is 12.4. The van der Waals surface area contributed by atoms with Crippen LogP contribution in [0.4, 0.5) is 0 Å². The summed E-state index contributed by atoms with van der Waals surface area (Å²) in [5, 5.41) is 0.642. The van der Waals surface area contributed by atoms with E-state index in [1.54, 1.807) is 45.9 Å². The molecule has 0 amide bonds. The molecule has 7 heteroatoms. The lowest BCUT2D eigenvalue weighted by atomic mass is 9.87. The van der Waals surface area contributed by atoms with Crippen molar-refractivity contribution in [3.05, 3.63) is 40.2 Å². The molecule has 0 N–H and O–H groups in total. The second-order valence-corrected chi connectivity index (χ2v) is 7.40. The average molecular weight is 374 g/mol. The Morgan fingerprint density at radius 3 is 2.41 bits per heavy atom. The predicted molar refractivity (Wildman–Crippen MR) is 96.4 cm³/mol. The number of carbonyl (C=O) groups is 2. The van der Waals surface area contributed by atoms with Crippen LogP contribution in [0.2, 0.25) is 0 Å². The summed E-state index contributed by atoms with van der Waals surface area (Å²) in [6, 6.07) is 6.39. The summed E-state index contributed by atoms with van der Waals surface area (Å²) in [6.45, 7) is 8.17. The number of benzene rings is 1. The first kappa shape index (κ1) is 18.9. The molecule has 2 atom stereocenters. The first-order chi connectivity index (χ1) is 12.6. The monoisotopic (exact) mass is 374 g/mol. The molecule has 0 bridgehead atoms. The second kappa shape index (κ2) is 6.72. The topological polar surface area (TPSA) is 92.0 Å². The highest BCUT2D eigenvalue weighted by atomic mass is 16.6. The van der Waals surface area contributed by atoms with Crippen LogP contribution in [0.3, 0.4) is 0 Å². The second-order valence-electron chi connectivity index (χ2n) is 7.40. The molecule has 1 aromatic heterocycles. The summed E-state index contributed by atoms with van der Waals surface area (Å²) in [6.07, 6.45) is -1.89. The Morgan fingerprint density at radius 1 is 1.11 bits per heavy atom. The van der Waals surface area contributed by atoms with Crippen LogP contribution in [0.15, 0.2) is 33.5 Å². The van der Waals surface area contributed by atoms with Gasteiger partial charge in [0.1, 0.15) is 16.9 Å². The Hall–Kier alpha value is -2.83. The zero-order valence-corrected chi connectivity index (χ0v) is 15.9. The smallest absolute Gasteiger partial charge is 0.336 e. The zero-order valence-electron chi connectivity index (χ0n) is 15.9. The molecule has 2 heterocycles. The highest BCUT2D eigenvalue weighted by Crippen LogP contribution is 2.46. The van der Waals surface area contributed by atoms with Gasteiger partial charge < -0.3 is 18.6 Å². The summed E-state index contributed by atoms with van der Waals surface area (Å²) in [5.41, 5.74) is -0.888. The van der Waals surface area contributed by atoms with E-state index in [1.165, 1.54) is 13.0 Å². The molecule has 0 aliphatic carbocycles. The molecule has 27 heavy (non-hydrogen) atoms. The van der Waals surface area contributed by atoms with Gasteiger partial charge in [0, 0.05) is 18.4 Å². The Morgan fingerprint density at radius 2 is 1.78 bits per heavy atom. The van der Waals surface area contributed by atoms with E-state index >= 15 is 0 Å². The quantitative estimate of drug-likeness (QED) is 0.602. The van der Waals surface area contributed by atoms with Crippen molar-refractivity contribution >= 4 is 22.9 Å². The molecule has 0 unspecified atom stereocenters. The number of fused-ring (bicyclic) bond motifs is 3. The summed E-state index contributed by atoms with van der Waals surface area (Å²) in [7, 11) is 0. The molecular formula is C20H22O7. The van der Waals surface area contributed by atoms with E-state index in [-0.39, 0.29) is 11.5 Å². The fourth-order valence-electron chi connectivity index (χ4n) is 3.12. The van der Waals surface area contributed by atoms with Gasteiger partial charge in [0.25, 0.3) is 0 Å². The predicted octanol–water partition coefficient (Wildman–Crippen LogP) is 3.14. The fraction of sp³-hybridized carbons (Fsp3) is 0.450. The SMILES string of the molecule is CC(=O)O[C@@H]1[C@H](OC(=O)C(C)C)c2c(ccc3ccc(=O)oc23)OC1(C)C. The molecule has 0 spiro atoms. The van der Waals surface area contributed by atoms with Gasteiger partial charge in [-0.2, -0.15) is 0 Å². The molecule has 2 aromatic rings. The van der Waals surface area contributed by atoms with Crippen LogP contribution in [0.5, 0.6) is 5.75 Å². The van der Waals surface area contributed by atoms with Gasteiger partial charge >= 0.3 is 17.6 Å². The third kappa shape index (κ3) is 3.54. The molecule has 0 radical (unpaired) electrons. The minimum atomic E-state index is -0.975. The summed E-state index contributed by atoms with van der Waals surface area (Å²) in [5.74, 6) is -0.977. The van der Waals surface area contributed by atoms with Crippen LogP contribution >= 0.6 is 0 Å². The van der Waals surface area contributed by atoms with Crippen LogP contribution in [0.1, 0.15) is 46.3 Å². The van der Waals surface area contributed by atoms with Gasteiger partial charge in [0.15, 0.2) is 12.2 Å². The number of esters is 2. The molecular weight excluding hydrogens is 352 g/mol. The third-order valence-electron chi connectivity index (χ3n) is 4.41. The lowest BCUT2D eigenvalue weighted by molar-refractivity contribution is -0.190. The first-order valence-corrected chi connectivity index (χ1v) is 8.73. The lowest BCUT2D eigenvalue weighted by Crippen LogP contribution is -2.52. The Kier molecular flexibility index (Phi) is 4.71. The molecule has 0 saturated heterocycles. The van der Waals surface area contributed by atoms with Crippen molar-refractivity contribution in [2.24, 2.45) is 5.92 Å². The van der Waals surface area contributed by atoms with Gasteiger partial charge in [-0.1, -0.05) is 13.8 Å². The van der Waals surface area contributed by atoms with Crippen molar-refractivity contribution in [2.45, 2.75) is 52.4 Å². The van der Waals surface area contributed by atoms with Crippen LogP contribution in [-0.2, 0) is 19.1 Å². The molecule has 1 aliphatic rings. The number of hydrogen-bond acceptors (Lipinski definition) is 7. The summed E-state index contributed by atoms with van der Waals surface area (Å²) >= 11 is 0. The van der Waals surface area contributed by atoms with Crippen LogP contribution in [0.25, 0.3) is 11.0 Å². The van der Waals surface area contributed by atoms with E-state index < -0.39 is 35.4 Å². The van der Waals surface area contributed by atoms with Crippen LogP contribution in [-0.4, -0.2) is 23.6 Å². The van der Waals surface area contributed by atoms with Gasteiger partial charge in [-0.05, 0) is 32.0 Å². The minimum absolute atomic E-state index is 0.245. The Labute approximate surface area is 156 Å². The molecule has 0 fully saturated rings. The average Bonchev–Trinajstić information content (AvgIpc) is 2.56. The van der Waals surface area contributed by atoms with Crippen molar-refractivity contribution in [3.8, 4) is 5.75 Å². The highest BCUT2D eigenvalue weighted by Gasteiger charge is 2.49. The highest BCUT2D eigenvalue weighted by molar-refractivity contribution is 5.84. The molecule has 0 saturated carbocycles. The van der Waals surface area contributed by atoms with Crippen LogP contribution in [0, 0.1) is 5.92 Å². The van der Waals surface area contributed by atoms with Crippen molar-refractivity contribution in [1.29, 1.82) is 0 Å².